The minimum Gasteiger partial charge on any atom is -0.466 e. The molecule has 0 spiro atoms. The third-order valence-corrected chi connectivity index (χ3v) is 2.41. The highest BCUT2D eigenvalue weighted by atomic mass is 16.5. The fourth-order valence-electron chi connectivity index (χ4n) is 1.51. The smallest absolute Gasteiger partial charge is 0.305 e. The number of ether oxygens (including phenoxy) is 1. The summed E-state index contributed by atoms with van der Waals surface area (Å²) in [4.78, 5) is 11.1. The van der Waals surface area contributed by atoms with Gasteiger partial charge in [0.2, 0.25) is 0 Å². The molecule has 0 aliphatic heterocycles. The first-order chi connectivity index (χ1) is 8.24. The first-order valence-electron chi connectivity index (χ1n) is 5.93. The number of anilines is 1. The van der Waals surface area contributed by atoms with Gasteiger partial charge in [0.05, 0.1) is 6.61 Å². The Morgan fingerprint density at radius 3 is 2.88 bits per heavy atom. The molecule has 4 heteroatoms. The topological polar surface area (TPSA) is 64.3 Å². The molecule has 0 heterocycles. The minimum atomic E-state index is -0.131. The Labute approximate surface area is 102 Å². The van der Waals surface area contributed by atoms with E-state index in [-0.39, 0.29) is 5.97 Å². The number of carbonyl (C=O) groups excluding carboxylic acids is 1. The Kier molecular flexibility index (Phi) is 6.10. The van der Waals surface area contributed by atoms with Crippen molar-refractivity contribution in [2.24, 2.45) is 0 Å². The van der Waals surface area contributed by atoms with Crippen LogP contribution in [0.3, 0.4) is 0 Å². The molecule has 0 aliphatic carbocycles. The highest BCUT2D eigenvalue weighted by molar-refractivity contribution is 5.69. The van der Waals surface area contributed by atoms with E-state index in [9.17, 15) is 4.79 Å². The summed E-state index contributed by atoms with van der Waals surface area (Å²) >= 11 is 0. The van der Waals surface area contributed by atoms with Gasteiger partial charge in [0.15, 0.2) is 0 Å². The van der Waals surface area contributed by atoms with Gasteiger partial charge in [-0.3, -0.25) is 4.79 Å². The zero-order chi connectivity index (χ0) is 12.5. The Hall–Kier alpha value is -1.55. The van der Waals surface area contributed by atoms with Crippen LogP contribution in [0.15, 0.2) is 24.3 Å². The Bertz CT molecular complexity index is 353. The molecular formula is C13H20N2O2. The summed E-state index contributed by atoms with van der Waals surface area (Å²) in [5, 5.41) is 3.25. The molecule has 94 valence electrons. The monoisotopic (exact) mass is 236 g/mol. The Balaban J connectivity index is 2.13. The van der Waals surface area contributed by atoms with E-state index in [1.807, 2.05) is 31.2 Å². The van der Waals surface area contributed by atoms with Gasteiger partial charge >= 0.3 is 5.97 Å². The molecule has 0 saturated carbocycles. The summed E-state index contributed by atoms with van der Waals surface area (Å²) in [7, 11) is 0. The van der Waals surface area contributed by atoms with Gasteiger partial charge in [0.1, 0.15) is 0 Å². The molecule has 0 fully saturated rings. The fraction of sp³-hybridized carbons (Fsp3) is 0.462. The molecule has 0 aromatic heterocycles. The van der Waals surface area contributed by atoms with Crippen LogP contribution >= 0.6 is 0 Å². The zero-order valence-corrected chi connectivity index (χ0v) is 10.2. The number of para-hydroxylation sites is 1. The van der Waals surface area contributed by atoms with Crippen LogP contribution in [0.25, 0.3) is 0 Å². The van der Waals surface area contributed by atoms with Crippen LogP contribution in [-0.2, 0) is 16.1 Å². The summed E-state index contributed by atoms with van der Waals surface area (Å²) in [6.45, 7) is 3.78. The first-order valence-corrected chi connectivity index (χ1v) is 5.93. The second-order valence-corrected chi connectivity index (χ2v) is 3.78. The molecule has 1 aromatic rings. The molecule has 0 amide bonds. The highest BCUT2D eigenvalue weighted by Gasteiger charge is 2.01. The average molecular weight is 236 g/mol. The second-order valence-electron chi connectivity index (χ2n) is 3.78. The lowest BCUT2D eigenvalue weighted by Crippen LogP contribution is -2.17. The van der Waals surface area contributed by atoms with Gasteiger partial charge in [-0.2, -0.15) is 0 Å². The van der Waals surface area contributed by atoms with Crippen molar-refractivity contribution in [2.45, 2.75) is 26.3 Å². The quantitative estimate of drug-likeness (QED) is 0.429. The molecule has 1 rings (SSSR count). The summed E-state index contributed by atoms with van der Waals surface area (Å²) in [5.74, 6) is -0.131. The number of hydrogen-bond acceptors (Lipinski definition) is 4. The van der Waals surface area contributed by atoms with Crippen molar-refractivity contribution in [1.82, 2.24) is 5.32 Å². The van der Waals surface area contributed by atoms with Gasteiger partial charge in [-0.05, 0) is 31.5 Å². The average Bonchev–Trinajstić information content (AvgIpc) is 2.31. The van der Waals surface area contributed by atoms with Gasteiger partial charge < -0.3 is 15.8 Å². The van der Waals surface area contributed by atoms with E-state index in [1.54, 1.807) is 0 Å². The van der Waals surface area contributed by atoms with Crippen LogP contribution in [0.1, 0.15) is 25.3 Å². The molecule has 1 aromatic carbocycles. The predicted molar refractivity (Wildman–Crippen MR) is 68.4 cm³/mol. The van der Waals surface area contributed by atoms with Crippen LogP contribution in [0.4, 0.5) is 5.69 Å². The molecule has 0 saturated heterocycles. The predicted octanol–water partition coefficient (Wildman–Crippen LogP) is 1.70. The SMILES string of the molecule is CCOC(=O)CCCNCc1ccccc1N. The van der Waals surface area contributed by atoms with Gasteiger partial charge in [-0.25, -0.2) is 0 Å². The van der Waals surface area contributed by atoms with Crippen molar-refractivity contribution in [3.8, 4) is 0 Å². The molecular weight excluding hydrogens is 216 g/mol. The summed E-state index contributed by atoms with van der Waals surface area (Å²) < 4.78 is 4.84. The standard InChI is InChI=1S/C13H20N2O2/c1-2-17-13(16)8-5-9-15-10-11-6-3-4-7-12(11)14/h3-4,6-7,15H,2,5,8-10,14H2,1H3. The highest BCUT2D eigenvalue weighted by Crippen LogP contribution is 2.09. The van der Waals surface area contributed by atoms with Crippen molar-refractivity contribution in [3.63, 3.8) is 0 Å². The van der Waals surface area contributed by atoms with Crippen molar-refractivity contribution >= 4 is 11.7 Å². The maximum Gasteiger partial charge on any atom is 0.305 e. The number of esters is 1. The van der Waals surface area contributed by atoms with Crippen molar-refractivity contribution in [3.05, 3.63) is 29.8 Å². The van der Waals surface area contributed by atoms with Gasteiger partial charge in [0, 0.05) is 18.7 Å². The Morgan fingerprint density at radius 1 is 1.41 bits per heavy atom. The van der Waals surface area contributed by atoms with Crippen LogP contribution in [0.5, 0.6) is 0 Å². The van der Waals surface area contributed by atoms with Crippen LogP contribution in [0, 0.1) is 0 Å². The molecule has 0 aliphatic rings. The fourth-order valence-corrected chi connectivity index (χ4v) is 1.51. The molecule has 0 atom stereocenters. The number of benzene rings is 1. The number of nitrogen functional groups attached to an aromatic ring is 1. The van der Waals surface area contributed by atoms with Crippen molar-refractivity contribution in [1.29, 1.82) is 0 Å². The van der Waals surface area contributed by atoms with Crippen LogP contribution in [-0.4, -0.2) is 19.1 Å². The minimum absolute atomic E-state index is 0.131. The number of hydrogen-bond donors (Lipinski definition) is 2. The van der Waals surface area contributed by atoms with E-state index in [1.165, 1.54) is 0 Å². The zero-order valence-electron chi connectivity index (χ0n) is 10.2. The molecule has 0 unspecified atom stereocenters. The number of nitrogens with one attached hydrogen (secondary N) is 1. The lowest BCUT2D eigenvalue weighted by atomic mass is 10.2. The van der Waals surface area contributed by atoms with Gasteiger partial charge in [-0.15, -0.1) is 0 Å². The molecule has 0 radical (unpaired) electrons. The largest absolute Gasteiger partial charge is 0.466 e. The maximum atomic E-state index is 11.1. The summed E-state index contributed by atoms with van der Waals surface area (Å²) in [6, 6.07) is 7.76. The van der Waals surface area contributed by atoms with E-state index >= 15 is 0 Å². The van der Waals surface area contributed by atoms with E-state index in [4.69, 9.17) is 10.5 Å². The molecule has 3 N–H and O–H groups in total. The number of nitrogens with two attached hydrogens (primary N) is 1. The number of carbonyl (C=O) groups is 1. The third kappa shape index (κ3) is 5.36. The van der Waals surface area contributed by atoms with Crippen molar-refractivity contribution in [2.75, 3.05) is 18.9 Å². The molecule has 17 heavy (non-hydrogen) atoms. The van der Waals surface area contributed by atoms with Gasteiger partial charge in [-0.1, -0.05) is 18.2 Å². The third-order valence-electron chi connectivity index (χ3n) is 2.41. The Morgan fingerprint density at radius 2 is 2.18 bits per heavy atom. The van der Waals surface area contributed by atoms with Gasteiger partial charge in [0.25, 0.3) is 0 Å². The number of rotatable bonds is 7. The lowest BCUT2D eigenvalue weighted by molar-refractivity contribution is -0.143. The lowest BCUT2D eigenvalue weighted by Gasteiger charge is -2.07. The normalized spacial score (nSPS) is 10.2. The van der Waals surface area contributed by atoms with Crippen LogP contribution in [0.2, 0.25) is 0 Å². The second kappa shape index (κ2) is 7.68. The molecule has 0 bridgehead atoms. The summed E-state index contributed by atoms with van der Waals surface area (Å²) in [5.41, 5.74) is 7.69. The molecule has 4 nitrogen and oxygen atoms in total. The van der Waals surface area contributed by atoms with E-state index in [0.717, 1.165) is 30.8 Å². The van der Waals surface area contributed by atoms with Crippen LogP contribution < -0.4 is 11.1 Å². The maximum absolute atomic E-state index is 11.1. The first kappa shape index (κ1) is 13.5. The van der Waals surface area contributed by atoms with E-state index in [0.29, 0.717) is 13.0 Å². The van der Waals surface area contributed by atoms with E-state index in [2.05, 4.69) is 5.32 Å². The summed E-state index contributed by atoms with van der Waals surface area (Å²) in [6.07, 6.45) is 1.25. The van der Waals surface area contributed by atoms with E-state index < -0.39 is 0 Å². The van der Waals surface area contributed by atoms with Crippen molar-refractivity contribution < 1.29 is 9.53 Å².